The SMILES string of the molecule is Cc1nc2c(F)c(-c3cccc(Cl)c3Cl)c(CCC#N)cc2c2c1cc([C@H]1C[C@H](n3nnc(-c4ccncc4)n3)CN1C(=O)C1CC1)n2[C@H]1[C@H]2CN[C@@H]1C2. The van der Waals surface area contributed by atoms with Crippen molar-refractivity contribution in [2.45, 2.75) is 69.6 Å². The van der Waals surface area contributed by atoms with Gasteiger partial charge in [0.1, 0.15) is 5.52 Å². The second-order valence-corrected chi connectivity index (χ2v) is 15.9. The third kappa shape index (κ3) is 5.23. The van der Waals surface area contributed by atoms with Crippen molar-refractivity contribution in [2.75, 3.05) is 13.1 Å². The number of carbonyl (C=O) groups excluding carboxylic acids is 1. The minimum Gasteiger partial charge on any atom is -0.337 e. The number of nitrogens with one attached hydrogen (secondary N) is 1. The van der Waals surface area contributed by atoms with Crippen LogP contribution in [0.15, 0.2) is 54.9 Å². The number of aromatic nitrogens is 7. The number of fused-ring (bicyclic) bond motifs is 4. The van der Waals surface area contributed by atoms with Crippen molar-refractivity contribution in [3.63, 3.8) is 0 Å². The molecule has 4 aromatic heterocycles. The summed E-state index contributed by atoms with van der Waals surface area (Å²) in [4.78, 5) is 26.9. The largest absolute Gasteiger partial charge is 0.337 e. The van der Waals surface area contributed by atoms with Crippen LogP contribution >= 0.6 is 23.2 Å². The molecule has 5 aliphatic rings. The zero-order chi connectivity index (χ0) is 36.8. The van der Waals surface area contributed by atoms with Crippen LogP contribution in [0.3, 0.4) is 0 Å². The third-order valence-electron chi connectivity index (χ3n) is 12.0. The first-order valence-corrected chi connectivity index (χ1v) is 19.3. The van der Waals surface area contributed by atoms with Gasteiger partial charge in [-0.25, -0.2) is 9.37 Å². The minimum absolute atomic E-state index is 0.0134. The highest BCUT2D eigenvalue weighted by atomic mass is 35.5. The fourth-order valence-electron chi connectivity index (χ4n) is 9.16. The number of likely N-dealkylation sites (tertiary alicyclic amines) is 1. The molecule has 54 heavy (non-hydrogen) atoms. The Bertz CT molecular complexity index is 2530. The maximum atomic E-state index is 17.2. The molecule has 3 saturated heterocycles. The first kappa shape index (κ1) is 33.6. The minimum atomic E-state index is -0.493. The lowest BCUT2D eigenvalue weighted by Gasteiger charge is -2.39. The van der Waals surface area contributed by atoms with Crippen molar-refractivity contribution < 1.29 is 9.18 Å². The van der Waals surface area contributed by atoms with E-state index in [-0.39, 0.29) is 53.0 Å². The molecule has 2 aliphatic carbocycles. The highest BCUT2D eigenvalue weighted by molar-refractivity contribution is 6.43. The molecule has 6 aromatic rings. The van der Waals surface area contributed by atoms with E-state index in [2.05, 4.69) is 37.3 Å². The Kier molecular flexibility index (Phi) is 7.98. The lowest BCUT2D eigenvalue weighted by atomic mass is 9.79. The van der Waals surface area contributed by atoms with Crippen LogP contribution in [-0.2, 0) is 11.2 Å². The number of nitriles is 1. The molecule has 1 N–H and O–H groups in total. The smallest absolute Gasteiger partial charge is 0.226 e. The lowest BCUT2D eigenvalue weighted by molar-refractivity contribution is -0.133. The van der Waals surface area contributed by atoms with E-state index in [1.165, 1.54) is 0 Å². The maximum absolute atomic E-state index is 17.2. The van der Waals surface area contributed by atoms with Gasteiger partial charge in [0.05, 0.1) is 39.8 Å². The van der Waals surface area contributed by atoms with Crippen molar-refractivity contribution in [1.82, 2.24) is 45.0 Å². The van der Waals surface area contributed by atoms with Gasteiger partial charge in [0.25, 0.3) is 0 Å². The summed E-state index contributed by atoms with van der Waals surface area (Å²) < 4.78 is 19.6. The molecule has 0 spiro atoms. The summed E-state index contributed by atoms with van der Waals surface area (Å²) in [6.45, 7) is 3.27. The number of halogens is 3. The van der Waals surface area contributed by atoms with Crippen LogP contribution in [0, 0.1) is 35.9 Å². The van der Waals surface area contributed by atoms with E-state index in [4.69, 9.17) is 33.3 Å². The summed E-state index contributed by atoms with van der Waals surface area (Å²) in [6, 6.07) is 15.2. The van der Waals surface area contributed by atoms with Gasteiger partial charge in [-0.2, -0.15) is 10.1 Å². The molecule has 0 radical (unpaired) electrons. The van der Waals surface area contributed by atoms with Gasteiger partial charge < -0.3 is 14.8 Å². The molecule has 7 heterocycles. The highest BCUT2D eigenvalue weighted by Gasteiger charge is 2.51. The fourth-order valence-corrected chi connectivity index (χ4v) is 9.56. The predicted molar refractivity (Wildman–Crippen MR) is 202 cm³/mol. The number of amides is 1. The van der Waals surface area contributed by atoms with Gasteiger partial charge in [0.2, 0.25) is 11.7 Å². The van der Waals surface area contributed by atoms with Crippen LogP contribution < -0.4 is 5.32 Å². The van der Waals surface area contributed by atoms with Gasteiger partial charge in [0, 0.05) is 82.7 Å². The van der Waals surface area contributed by atoms with E-state index < -0.39 is 5.82 Å². The summed E-state index contributed by atoms with van der Waals surface area (Å²) in [7, 11) is 0. The number of nitrogens with zero attached hydrogens (tertiary/aromatic N) is 9. The first-order valence-electron chi connectivity index (χ1n) is 18.5. The fraction of sp³-hybridized carbons (Fsp3) is 0.375. The van der Waals surface area contributed by atoms with Crippen molar-refractivity contribution in [3.8, 4) is 28.6 Å². The van der Waals surface area contributed by atoms with Gasteiger partial charge >= 0.3 is 0 Å². The molecule has 0 unspecified atom stereocenters. The molecular weight excluding hydrogens is 726 g/mol. The van der Waals surface area contributed by atoms with Crippen molar-refractivity contribution in [3.05, 3.63) is 87.7 Å². The number of carbonyl (C=O) groups is 1. The van der Waals surface area contributed by atoms with Gasteiger partial charge in [-0.3, -0.25) is 9.78 Å². The zero-order valence-corrected chi connectivity index (χ0v) is 30.9. The lowest BCUT2D eigenvalue weighted by Crippen LogP contribution is -2.41. The third-order valence-corrected chi connectivity index (χ3v) is 12.8. The number of benzene rings is 2. The topological polar surface area (TPSA) is 130 Å². The van der Waals surface area contributed by atoms with Gasteiger partial charge in [-0.05, 0) is 86.1 Å². The summed E-state index contributed by atoms with van der Waals surface area (Å²) in [5.74, 6) is 0.570. The van der Waals surface area contributed by atoms with Crippen LogP contribution in [0.2, 0.25) is 10.0 Å². The van der Waals surface area contributed by atoms with E-state index in [1.807, 2.05) is 30.0 Å². The molecule has 5 atom stereocenters. The van der Waals surface area contributed by atoms with E-state index in [1.54, 1.807) is 35.4 Å². The van der Waals surface area contributed by atoms with Crippen molar-refractivity contribution in [2.24, 2.45) is 11.8 Å². The summed E-state index contributed by atoms with van der Waals surface area (Å²) in [6.07, 6.45) is 7.35. The van der Waals surface area contributed by atoms with Gasteiger partial charge in [-0.1, -0.05) is 35.3 Å². The van der Waals surface area contributed by atoms with E-state index in [0.29, 0.717) is 63.9 Å². The van der Waals surface area contributed by atoms with Crippen LogP contribution in [0.5, 0.6) is 0 Å². The average Bonchev–Trinajstić information content (AvgIpc) is 3.67. The second kappa shape index (κ2) is 12.8. The highest BCUT2D eigenvalue weighted by Crippen LogP contribution is 2.52. The Morgan fingerprint density at radius 3 is 2.69 bits per heavy atom. The quantitative estimate of drug-likeness (QED) is 0.168. The summed E-state index contributed by atoms with van der Waals surface area (Å²) >= 11 is 13.1. The molecule has 3 aliphatic heterocycles. The number of hydrogen-bond donors (Lipinski definition) is 1. The monoisotopic (exact) mass is 760 g/mol. The number of aryl methyl sites for hydroxylation is 2. The van der Waals surface area contributed by atoms with Crippen molar-refractivity contribution >= 4 is 50.9 Å². The molecule has 11 nitrogen and oxygen atoms in total. The Labute approximate surface area is 320 Å². The van der Waals surface area contributed by atoms with Crippen LogP contribution in [-0.4, -0.2) is 64.7 Å². The molecule has 5 fully saturated rings. The normalized spacial score (nSPS) is 23.3. The average molecular weight is 762 g/mol. The van der Waals surface area contributed by atoms with E-state index in [0.717, 1.165) is 48.0 Å². The van der Waals surface area contributed by atoms with Gasteiger partial charge in [-0.15, -0.1) is 10.2 Å². The predicted octanol–water partition coefficient (Wildman–Crippen LogP) is 7.57. The summed E-state index contributed by atoms with van der Waals surface area (Å²) in [5, 5.41) is 29.1. The van der Waals surface area contributed by atoms with Crippen LogP contribution in [0.1, 0.15) is 67.2 Å². The maximum Gasteiger partial charge on any atom is 0.226 e. The molecule has 2 saturated carbocycles. The number of rotatable bonds is 8. The second-order valence-electron chi connectivity index (χ2n) is 15.1. The Morgan fingerprint density at radius 2 is 1.94 bits per heavy atom. The zero-order valence-electron chi connectivity index (χ0n) is 29.4. The van der Waals surface area contributed by atoms with Crippen LogP contribution in [0.25, 0.3) is 44.3 Å². The molecule has 272 valence electrons. The molecule has 11 rings (SSSR count). The van der Waals surface area contributed by atoms with E-state index >= 15 is 4.39 Å². The van der Waals surface area contributed by atoms with E-state index in [9.17, 15) is 10.1 Å². The first-order chi connectivity index (χ1) is 26.3. The molecule has 2 aromatic carbocycles. The molecule has 14 heteroatoms. The molecular formula is C40H35Cl2FN10O. The van der Waals surface area contributed by atoms with Crippen molar-refractivity contribution in [1.29, 1.82) is 5.26 Å². The number of pyridine rings is 2. The Morgan fingerprint density at radius 1 is 1.11 bits per heavy atom. The van der Waals surface area contributed by atoms with Crippen LogP contribution in [0.4, 0.5) is 4.39 Å². The number of hydrogen-bond acceptors (Lipinski definition) is 8. The Hall–Kier alpha value is -4.96. The Balaban J connectivity index is 1.17. The number of tetrazole rings is 1. The standard InChI is InChI=1S/C40H35Cl2FN10O/c1-20-27-17-32(31-16-25(19-51(31)40(54)22-7-8-22)53-49-39(48-50-53)21-9-12-45-13-10-21)52(37-24-15-30(37)46-18-24)38(27)28-14-23(4-3-11-44)33(35(43)36(28)47-20)26-5-2-6-29(41)34(26)42/h2,5-6,9-10,12-14,17,22,24-25,30-31,37,46H,3-4,7-8,15-16,18-19H2,1H3/t24-,25+,30-,31-,37+/m1/s1. The molecule has 2 bridgehead atoms. The summed E-state index contributed by atoms with van der Waals surface area (Å²) in [5.41, 5.74) is 5.11. The van der Waals surface area contributed by atoms with Gasteiger partial charge in [0.15, 0.2) is 5.82 Å². The molecule has 1 amide bonds.